The minimum atomic E-state index is -1.90. The minimum absolute atomic E-state index is 0.00922. The number of alkyl halides is 3. The first-order valence-corrected chi connectivity index (χ1v) is 9.07. The van der Waals surface area contributed by atoms with Crippen molar-refractivity contribution in [3.63, 3.8) is 0 Å². The van der Waals surface area contributed by atoms with Gasteiger partial charge in [0.05, 0.1) is 5.69 Å². The number of phenolic OH excluding ortho intramolecular Hbond substituents is 1. The highest BCUT2D eigenvalue weighted by Crippen LogP contribution is 2.29. The van der Waals surface area contributed by atoms with Crippen molar-refractivity contribution in [2.24, 2.45) is 0 Å². The third-order valence-electron chi connectivity index (χ3n) is 3.12. The number of benzene rings is 2. The van der Waals surface area contributed by atoms with Crippen LogP contribution < -0.4 is 16.0 Å². The van der Waals surface area contributed by atoms with E-state index in [-0.39, 0.29) is 16.4 Å². The van der Waals surface area contributed by atoms with Crippen LogP contribution >= 0.6 is 58.6 Å². The van der Waals surface area contributed by atoms with Gasteiger partial charge < -0.3 is 21.1 Å². The molecule has 0 aromatic heterocycles. The maximum atomic E-state index is 12.4. The van der Waals surface area contributed by atoms with Gasteiger partial charge in [0.2, 0.25) is 3.79 Å². The zero-order chi connectivity index (χ0) is 19.3. The van der Waals surface area contributed by atoms with E-state index in [0.29, 0.717) is 10.7 Å². The normalized spacial score (nSPS) is 12.2. The summed E-state index contributed by atoms with van der Waals surface area (Å²) in [6, 6.07) is 12.8. The molecular weight excluding hydrogens is 440 g/mol. The SMILES string of the molecule is O=C(NC(NC(=S)Nc1ccccc1O)C(Cl)(Cl)Cl)c1cccc(Cl)c1. The van der Waals surface area contributed by atoms with Crippen LogP contribution in [0.25, 0.3) is 0 Å². The molecule has 0 bridgehead atoms. The lowest BCUT2D eigenvalue weighted by Crippen LogP contribution is -2.56. The fraction of sp³-hybridized carbons (Fsp3) is 0.125. The third-order valence-corrected chi connectivity index (χ3v) is 4.23. The van der Waals surface area contributed by atoms with E-state index in [1.807, 2.05) is 0 Å². The van der Waals surface area contributed by atoms with E-state index in [1.165, 1.54) is 12.1 Å². The lowest BCUT2D eigenvalue weighted by Gasteiger charge is -2.28. The second-order valence-electron chi connectivity index (χ2n) is 5.07. The number of aromatic hydroxyl groups is 1. The minimum Gasteiger partial charge on any atom is -0.506 e. The Labute approximate surface area is 175 Å². The van der Waals surface area contributed by atoms with Gasteiger partial charge in [-0.15, -0.1) is 0 Å². The molecule has 2 rings (SSSR count). The highest BCUT2D eigenvalue weighted by atomic mass is 35.6. The summed E-state index contributed by atoms with van der Waals surface area (Å²) < 4.78 is -1.90. The Hall–Kier alpha value is -1.44. The first kappa shape index (κ1) is 20.9. The number of carbonyl (C=O) groups excluding carboxylic acids is 1. The Morgan fingerprint density at radius 3 is 2.38 bits per heavy atom. The van der Waals surface area contributed by atoms with Crippen molar-refractivity contribution in [3.05, 3.63) is 59.1 Å². The number of rotatable bonds is 4. The van der Waals surface area contributed by atoms with E-state index in [2.05, 4.69) is 16.0 Å². The summed E-state index contributed by atoms with van der Waals surface area (Å²) in [5.74, 6) is -0.522. The van der Waals surface area contributed by atoms with Crippen molar-refractivity contribution >= 4 is 75.3 Å². The van der Waals surface area contributed by atoms with Gasteiger partial charge >= 0.3 is 0 Å². The summed E-state index contributed by atoms with van der Waals surface area (Å²) in [6.45, 7) is 0. The molecule has 0 fully saturated rings. The smallest absolute Gasteiger partial charge is 0.253 e. The largest absolute Gasteiger partial charge is 0.506 e. The fourth-order valence-electron chi connectivity index (χ4n) is 1.91. The number of thiocarbonyl (C=S) groups is 1. The number of halogens is 4. The first-order chi connectivity index (χ1) is 12.2. The van der Waals surface area contributed by atoms with E-state index in [9.17, 15) is 9.90 Å². The summed E-state index contributed by atoms with van der Waals surface area (Å²) in [7, 11) is 0. The molecule has 0 radical (unpaired) electrons. The molecule has 0 aliphatic rings. The van der Waals surface area contributed by atoms with Crippen molar-refractivity contribution in [2.45, 2.75) is 9.96 Å². The van der Waals surface area contributed by atoms with Crippen LogP contribution in [0, 0.1) is 0 Å². The number of amides is 1. The van der Waals surface area contributed by atoms with Crippen molar-refractivity contribution in [2.75, 3.05) is 5.32 Å². The molecule has 1 amide bonds. The molecule has 26 heavy (non-hydrogen) atoms. The number of hydrogen-bond acceptors (Lipinski definition) is 3. The maximum Gasteiger partial charge on any atom is 0.253 e. The van der Waals surface area contributed by atoms with Crippen LogP contribution in [0.1, 0.15) is 10.4 Å². The van der Waals surface area contributed by atoms with Crippen LogP contribution in [0.3, 0.4) is 0 Å². The van der Waals surface area contributed by atoms with Gasteiger partial charge in [0, 0.05) is 10.6 Å². The van der Waals surface area contributed by atoms with Gasteiger partial charge in [0.1, 0.15) is 11.9 Å². The molecule has 0 saturated heterocycles. The molecule has 138 valence electrons. The second-order valence-corrected chi connectivity index (χ2v) is 8.29. The zero-order valence-corrected chi connectivity index (χ0v) is 16.8. The van der Waals surface area contributed by atoms with E-state index >= 15 is 0 Å². The average Bonchev–Trinajstić information content (AvgIpc) is 2.55. The molecule has 1 atom stereocenters. The van der Waals surface area contributed by atoms with E-state index in [1.54, 1.807) is 36.4 Å². The van der Waals surface area contributed by atoms with Gasteiger partial charge in [-0.1, -0.05) is 64.6 Å². The predicted molar refractivity (Wildman–Crippen MR) is 110 cm³/mol. The monoisotopic (exact) mass is 451 g/mol. The lowest BCUT2D eigenvalue weighted by molar-refractivity contribution is 0.0934. The van der Waals surface area contributed by atoms with Crippen molar-refractivity contribution in [1.82, 2.24) is 10.6 Å². The molecule has 0 spiro atoms. The maximum absolute atomic E-state index is 12.4. The topological polar surface area (TPSA) is 73.4 Å². The van der Waals surface area contributed by atoms with Crippen LogP contribution in [0.5, 0.6) is 5.75 Å². The van der Waals surface area contributed by atoms with Gasteiger partial charge in [-0.25, -0.2) is 0 Å². The highest BCUT2D eigenvalue weighted by Gasteiger charge is 2.35. The average molecular weight is 453 g/mol. The Morgan fingerprint density at radius 1 is 1.08 bits per heavy atom. The number of anilines is 1. The Balaban J connectivity index is 2.09. The number of phenols is 1. The quantitative estimate of drug-likeness (QED) is 0.238. The molecule has 0 aliphatic carbocycles. The van der Waals surface area contributed by atoms with Crippen LogP contribution in [0.2, 0.25) is 5.02 Å². The third kappa shape index (κ3) is 6.07. The van der Waals surface area contributed by atoms with Crippen molar-refractivity contribution in [3.8, 4) is 5.75 Å². The molecule has 0 aliphatic heterocycles. The molecule has 0 saturated carbocycles. The summed E-state index contributed by atoms with van der Waals surface area (Å²) in [5, 5.41) is 18.2. The Morgan fingerprint density at radius 2 is 1.77 bits per heavy atom. The number of hydrogen-bond donors (Lipinski definition) is 4. The predicted octanol–water partition coefficient (Wildman–Crippen LogP) is 4.46. The zero-order valence-electron chi connectivity index (χ0n) is 13.0. The standard InChI is InChI=1S/C16H13Cl4N3O2S/c17-10-5-3-4-9(8-10)13(25)22-14(16(18,19)20)23-15(26)21-11-6-1-2-7-12(11)24/h1-8,14,24H,(H,22,25)(H2,21,23,26). The number of para-hydroxylation sites is 2. The van der Waals surface area contributed by atoms with E-state index < -0.39 is 15.9 Å². The van der Waals surface area contributed by atoms with E-state index in [0.717, 1.165) is 0 Å². The molecule has 2 aromatic rings. The summed E-state index contributed by atoms with van der Waals surface area (Å²) in [4.78, 5) is 12.4. The molecule has 2 aromatic carbocycles. The van der Waals surface area contributed by atoms with E-state index in [4.69, 9.17) is 58.6 Å². The van der Waals surface area contributed by atoms with Gasteiger partial charge in [0.15, 0.2) is 5.11 Å². The summed E-state index contributed by atoms with van der Waals surface area (Å²) >= 11 is 28.8. The Kier molecular flexibility index (Phi) is 7.20. The van der Waals surface area contributed by atoms with Crippen LogP contribution in [0.4, 0.5) is 5.69 Å². The first-order valence-electron chi connectivity index (χ1n) is 7.15. The van der Waals surface area contributed by atoms with Crippen molar-refractivity contribution in [1.29, 1.82) is 0 Å². The van der Waals surface area contributed by atoms with Crippen LogP contribution in [0.15, 0.2) is 48.5 Å². The van der Waals surface area contributed by atoms with Gasteiger partial charge in [-0.2, -0.15) is 0 Å². The molecule has 10 heteroatoms. The lowest BCUT2D eigenvalue weighted by atomic mass is 10.2. The second kappa shape index (κ2) is 8.97. The molecule has 5 nitrogen and oxygen atoms in total. The van der Waals surface area contributed by atoms with Crippen LogP contribution in [-0.4, -0.2) is 26.1 Å². The summed E-state index contributed by atoms with van der Waals surface area (Å²) in [6.07, 6.45) is -1.15. The molecule has 1 unspecified atom stereocenters. The number of carbonyl (C=O) groups is 1. The molecular formula is C16H13Cl4N3O2S. The molecule has 0 heterocycles. The van der Waals surface area contributed by atoms with Gasteiger partial charge in [0.25, 0.3) is 5.91 Å². The number of nitrogens with one attached hydrogen (secondary N) is 3. The van der Waals surface area contributed by atoms with Gasteiger partial charge in [-0.05, 0) is 42.5 Å². The highest BCUT2D eigenvalue weighted by molar-refractivity contribution is 7.80. The summed E-state index contributed by atoms with van der Waals surface area (Å²) in [5.41, 5.74) is 0.646. The fourth-order valence-corrected chi connectivity index (χ4v) is 2.66. The van der Waals surface area contributed by atoms with Crippen molar-refractivity contribution < 1.29 is 9.90 Å². The Bertz CT molecular complexity index is 814. The van der Waals surface area contributed by atoms with Crippen LogP contribution in [-0.2, 0) is 0 Å². The van der Waals surface area contributed by atoms with Gasteiger partial charge in [-0.3, -0.25) is 4.79 Å². The molecule has 4 N–H and O–H groups in total.